The van der Waals surface area contributed by atoms with Crippen molar-refractivity contribution in [3.8, 4) is 5.88 Å². The van der Waals surface area contributed by atoms with E-state index in [2.05, 4.69) is 4.98 Å². The first-order valence-corrected chi connectivity index (χ1v) is 8.55. The number of fused-ring (bicyclic) bond motifs is 1. The Bertz CT molecular complexity index is 639. The van der Waals surface area contributed by atoms with Gasteiger partial charge in [-0.3, -0.25) is 4.90 Å². The van der Waals surface area contributed by atoms with Gasteiger partial charge in [-0.15, -0.1) is 0 Å². The fraction of sp³-hybridized carbons (Fsp3) is 0.611. The molecular formula is C18H26N2O5. The molecule has 1 aromatic rings. The van der Waals surface area contributed by atoms with Crippen LogP contribution in [0.25, 0.3) is 0 Å². The van der Waals surface area contributed by atoms with E-state index < -0.39 is 23.7 Å². The normalized spacial score (nSPS) is 16.8. The van der Waals surface area contributed by atoms with Crippen LogP contribution in [0.4, 0.5) is 4.79 Å². The number of amides is 1. The van der Waals surface area contributed by atoms with Crippen LogP contribution in [0.1, 0.15) is 51.9 Å². The lowest BCUT2D eigenvalue weighted by Crippen LogP contribution is -2.46. The number of aromatic nitrogens is 1. The third-order valence-corrected chi connectivity index (χ3v) is 3.61. The molecule has 0 saturated heterocycles. The van der Waals surface area contributed by atoms with Gasteiger partial charge in [-0.2, -0.15) is 0 Å². The fourth-order valence-electron chi connectivity index (χ4n) is 2.69. The minimum Gasteiger partial charge on any atom is -0.478 e. The molecule has 2 rings (SSSR count). The van der Waals surface area contributed by atoms with Gasteiger partial charge in [0.15, 0.2) is 6.04 Å². The number of esters is 1. The van der Waals surface area contributed by atoms with Crippen molar-refractivity contribution in [3.63, 3.8) is 0 Å². The predicted octanol–water partition coefficient (Wildman–Crippen LogP) is 2.88. The van der Waals surface area contributed by atoms with Crippen molar-refractivity contribution in [2.45, 2.75) is 52.7 Å². The van der Waals surface area contributed by atoms with Crippen LogP contribution in [-0.2, 0) is 20.7 Å². The summed E-state index contributed by atoms with van der Waals surface area (Å²) in [6.45, 7) is 10.1. The van der Waals surface area contributed by atoms with E-state index >= 15 is 0 Å². The van der Waals surface area contributed by atoms with Gasteiger partial charge < -0.3 is 14.2 Å². The third-order valence-electron chi connectivity index (χ3n) is 3.61. The minimum absolute atomic E-state index is 0.233. The van der Waals surface area contributed by atoms with Crippen molar-refractivity contribution >= 4 is 12.1 Å². The Morgan fingerprint density at radius 1 is 1.24 bits per heavy atom. The predicted molar refractivity (Wildman–Crippen MR) is 91.4 cm³/mol. The van der Waals surface area contributed by atoms with Crippen molar-refractivity contribution in [1.82, 2.24) is 9.88 Å². The van der Waals surface area contributed by atoms with Crippen LogP contribution in [-0.4, -0.2) is 47.3 Å². The van der Waals surface area contributed by atoms with Crippen LogP contribution in [0.15, 0.2) is 12.1 Å². The van der Waals surface area contributed by atoms with Gasteiger partial charge in [0.2, 0.25) is 5.88 Å². The molecule has 1 amide bonds. The van der Waals surface area contributed by atoms with E-state index in [1.165, 1.54) is 4.90 Å². The average Bonchev–Trinajstić information content (AvgIpc) is 2.52. The van der Waals surface area contributed by atoms with Gasteiger partial charge in [0.25, 0.3) is 0 Å². The molecule has 0 aromatic carbocycles. The Kier molecular flexibility index (Phi) is 5.87. The molecule has 7 nitrogen and oxygen atoms in total. The molecule has 0 fully saturated rings. The molecule has 0 radical (unpaired) electrons. The molecule has 0 bridgehead atoms. The Morgan fingerprint density at radius 3 is 2.56 bits per heavy atom. The molecule has 1 unspecified atom stereocenters. The van der Waals surface area contributed by atoms with Crippen molar-refractivity contribution in [3.05, 3.63) is 23.4 Å². The first kappa shape index (κ1) is 19.0. The molecule has 0 aliphatic carbocycles. The van der Waals surface area contributed by atoms with E-state index in [-0.39, 0.29) is 6.61 Å². The quantitative estimate of drug-likeness (QED) is 0.777. The Labute approximate surface area is 148 Å². The van der Waals surface area contributed by atoms with Gasteiger partial charge in [0, 0.05) is 24.6 Å². The minimum atomic E-state index is -0.860. The molecule has 0 spiro atoms. The number of hydrogen-bond donors (Lipinski definition) is 0. The van der Waals surface area contributed by atoms with E-state index in [0.717, 1.165) is 5.69 Å². The van der Waals surface area contributed by atoms with Gasteiger partial charge in [-0.25, -0.2) is 14.6 Å². The topological polar surface area (TPSA) is 78.0 Å². The highest BCUT2D eigenvalue weighted by atomic mass is 16.6. The molecule has 1 aliphatic rings. The number of ether oxygens (including phenoxy) is 3. The number of rotatable bonds is 4. The summed E-state index contributed by atoms with van der Waals surface area (Å²) in [7, 11) is 0. The van der Waals surface area contributed by atoms with Gasteiger partial charge in [-0.1, -0.05) is 0 Å². The highest BCUT2D eigenvalue weighted by molar-refractivity contribution is 5.84. The first-order chi connectivity index (χ1) is 11.8. The smallest absolute Gasteiger partial charge is 0.411 e. The Hall–Kier alpha value is -2.31. The van der Waals surface area contributed by atoms with Gasteiger partial charge in [-0.05, 0) is 40.7 Å². The molecule has 0 N–H and O–H groups in total. The first-order valence-electron chi connectivity index (χ1n) is 8.55. The molecule has 1 aromatic heterocycles. The number of nitrogens with zero attached hydrogens (tertiary/aromatic N) is 2. The second-order valence-electron chi connectivity index (χ2n) is 6.70. The zero-order valence-electron chi connectivity index (χ0n) is 15.5. The molecule has 7 heteroatoms. The molecular weight excluding hydrogens is 324 g/mol. The van der Waals surface area contributed by atoms with Crippen LogP contribution in [0, 0.1) is 0 Å². The maximum Gasteiger partial charge on any atom is 0.411 e. The van der Waals surface area contributed by atoms with Gasteiger partial charge in [0.1, 0.15) is 5.60 Å². The molecule has 1 aliphatic heterocycles. The van der Waals surface area contributed by atoms with E-state index in [9.17, 15) is 9.59 Å². The molecule has 2 heterocycles. The highest BCUT2D eigenvalue weighted by Gasteiger charge is 2.39. The van der Waals surface area contributed by atoms with Crippen molar-refractivity contribution < 1.29 is 23.8 Å². The summed E-state index contributed by atoms with van der Waals surface area (Å²) < 4.78 is 16.0. The van der Waals surface area contributed by atoms with Crippen LogP contribution in [0.2, 0.25) is 0 Å². The highest BCUT2D eigenvalue weighted by Crippen LogP contribution is 2.32. The van der Waals surface area contributed by atoms with Gasteiger partial charge in [0.05, 0.1) is 18.9 Å². The lowest BCUT2D eigenvalue weighted by molar-refractivity contribution is -0.150. The third kappa shape index (κ3) is 4.61. The molecule has 138 valence electrons. The Morgan fingerprint density at radius 2 is 1.96 bits per heavy atom. The van der Waals surface area contributed by atoms with Crippen LogP contribution in [0.5, 0.6) is 5.88 Å². The number of pyridine rings is 1. The second kappa shape index (κ2) is 7.72. The molecule has 1 atom stereocenters. The maximum absolute atomic E-state index is 12.6. The summed E-state index contributed by atoms with van der Waals surface area (Å²) in [4.78, 5) is 30.9. The van der Waals surface area contributed by atoms with E-state index in [1.807, 2.05) is 6.92 Å². The summed E-state index contributed by atoms with van der Waals surface area (Å²) in [5.74, 6) is 0.0230. The number of carbonyl (C=O) groups is 2. The van der Waals surface area contributed by atoms with Crippen LogP contribution >= 0.6 is 0 Å². The molecule has 0 saturated carbocycles. The van der Waals surface area contributed by atoms with Crippen LogP contribution in [0.3, 0.4) is 0 Å². The zero-order chi connectivity index (χ0) is 18.6. The van der Waals surface area contributed by atoms with Gasteiger partial charge >= 0.3 is 12.1 Å². The fourth-order valence-corrected chi connectivity index (χ4v) is 2.69. The lowest BCUT2D eigenvalue weighted by atomic mass is 9.97. The van der Waals surface area contributed by atoms with E-state index in [0.29, 0.717) is 31.0 Å². The van der Waals surface area contributed by atoms with Crippen molar-refractivity contribution in [2.24, 2.45) is 0 Å². The van der Waals surface area contributed by atoms with Crippen LogP contribution < -0.4 is 4.74 Å². The summed E-state index contributed by atoms with van der Waals surface area (Å²) >= 11 is 0. The number of hydrogen-bond acceptors (Lipinski definition) is 6. The molecule has 25 heavy (non-hydrogen) atoms. The second-order valence-corrected chi connectivity index (χ2v) is 6.70. The Balaban J connectivity index is 2.36. The lowest BCUT2D eigenvalue weighted by Gasteiger charge is -2.36. The van der Waals surface area contributed by atoms with E-state index in [4.69, 9.17) is 14.2 Å². The largest absolute Gasteiger partial charge is 0.478 e. The monoisotopic (exact) mass is 350 g/mol. The summed E-state index contributed by atoms with van der Waals surface area (Å²) in [6.07, 6.45) is -0.0177. The summed E-state index contributed by atoms with van der Waals surface area (Å²) in [5.41, 5.74) is 0.746. The van der Waals surface area contributed by atoms with Crippen molar-refractivity contribution in [1.29, 1.82) is 0 Å². The maximum atomic E-state index is 12.6. The van der Waals surface area contributed by atoms with E-state index in [1.54, 1.807) is 39.8 Å². The summed E-state index contributed by atoms with van der Waals surface area (Å²) in [6, 6.07) is 2.61. The van der Waals surface area contributed by atoms with Crippen molar-refractivity contribution in [2.75, 3.05) is 19.8 Å². The standard InChI is InChI=1S/C18H26N2O5/c1-6-23-14-9-8-12-13(19-14)10-11-20(15(12)16(21)24-7-2)17(22)25-18(3,4)5/h8-9,15H,6-7,10-11H2,1-5H3. The zero-order valence-corrected chi connectivity index (χ0v) is 15.5. The SMILES string of the molecule is CCOC(=O)C1c2ccc(OCC)nc2CCN1C(=O)OC(C)(C)C. The number of carbonyl (C=O) groups excluding carboxylic acids is 2. The average molecular weight is 350 g/mol. The summed E-state index contributed by atoms with van der Waals surface area (Å²) in [5, 5.41) is 0.